The molecule has 2 aliphatic rings. The molecule has 1 aromatic rings. The van der Waals surface area contributed by atoms with Crippen LogP contribution in [-0.2, 0) is 9.31 Å². The first-order chi connectivity index (χ1) is 8.41. The molecule has 3 rings (SSSR count). The highest BCUT2D eigenvalue weighted by Gasteiger charge is 2.52. The smallest absolute Gasteiger partial charge is 0.399 e. The Bertz CT molecular complexity index is 453. The highest BCUT2D eigenvalue weighted by Crippen LogP contribution is 2.41. The molecule has 0 amide bonds. The minimum Gasteiger partial charge on any atom is -0.399 e. The van der Waals surface area contributed by atoms with Crippen molar-refractivity contribution in [3.8, 4) is 0 Å². The number of aromatic nitrogens is 1. The highest BCUT2D eigenvalue weighted by atomic mass is 16.7. The summed E-state index contributed by atoms with van der Waals surface area (Å²) in [4.78, 5) is 4.24. The Morgan fingerprint density at radius 1 is 1.17 bits per heavy atom. The van der Waals surface area contributed by atoms with E-state index in [9.17, 15) is 0 Å². The van der Waals surface area contributed by atoms with Crippen molar-refractivity contribution in [2.75, 3.05) is 0 Å². The maximum absolute atomic E-state index is 6.12. The average molecular weight is 245 g/mol. The molecule has 18 heavy (non-hydrogen) atoms. The summed E-state index contributed by atoms with van der Waals surface area (Å²) in [6, 6.07) is 2.04. The lowest BCUT2D eigenvalue weighted by Crippen LogP contribution is -2.41. The van der Waals surface area contributed by atoms with Crippen molar-refractivity contribution in [1.82, 2.24) is 4.98 Å². The normalized spacial score (nSPS) is 25.4. The summed E-state index contributed by atoms with van der Waals surface area (Å²) in [6.07, 6.45) is 6.32. The number of rotatable bonds is 2. The van der Waals surface area contributed by atoms with E-state index in [0.717, 1.165) is 5.46 Å². The largest absolute Gasteiger partial charge is 0.495 e. The molecule has 3 nitrogen and oxygen atoms in total. The van der Waals surface area contributed by atoms with Gasteiger partial charge in [0.15, 0.2) is 0 Å². The van der Waals surface area contributed by atoms with Crippen molar-refractivity contribution in [3.63, 3.8) is 0 Å². The Hall–Kier alpha value is -0.865. The molecule has 1 saturated heterocycles. The fourth-order valence-electron chi connectivity index (χ4n) is 2.34. The number of hydrogen-bond donors (Lipinski definition) is 0. The Morgan fingerprint density at radius 2 is 1.78 bits per heavy atom. The van der Waals surface area contributed by atoms with Gasteiger partial charge in [0.05, 0.1) is 11.2 Å². The van der Waals surface area contributed by atoms with Crippen LogP contribution in [-0.4, -0.2) is 23.3 Å². The van der Waals surface area contributed by atoms with E-state index >= 15 is 0 Å². The molecule has 2 fully saturated rings. The van der Waals surface area contributed by atoms with Crippen LogP contribution in [0.5, 0.6) is 0 Å². The monoisotopic (exact) mass is 245 g/mol. The van der Waals surface area contributed by atoms with Gasteiger partial charge in [-0.15, -0.1) is 0 Å². The average Bonchev–Trinajstić information content (AvgIpc) is 3.08. The quantitative estimate of drug-likeness (QED) is 0.749. The van der Waals surface area contributed by atoms with Gasteiger partial charge in [-0.3, -0.25) is 4.98 Å². The molecule has 1 aromatic heterocycles. The second-order valence-corrected chi connectivity index (χ2v) is 6.37. The van der Waals surface area contributed by atoms with E-state index in [1.165, 1.54) is 18.4 Å². The third-order valence-corrected chi connectivity index (χ3v) is 4.41. The van der Waals surface area contributed by atoms with Crippen LogP contribution in [0.1, 0.15) is 52.0 Å². The third-order valence-electron chi connectivity index (χ3n) is 4.41. The molecule has 0 unspecified atom stereocenters. The molecule has 2 heterocycles. The van der Waals surface area contributed by atoms with E-state index in [-0.39, 0.29) is 18.3 Å². The van der Waals surface area contributed by atoms with Gasteiger partial charge in [0.1, 0.15) is 0 Å². The summed E-state index contributed by atoms with van der Waals surface area (Å²) in [5.41, 5.74) is 1.91. The summed E-state index contributed by atoms with van der Waals surface area (Å²) >= 11 is 0. The lowest BCUT2D eigenvalue weighted by molar-refractivity contribution is 0.00578. The number of hydrogen-bond acceptors (Lipinski definition) is 3. The molecule has 4 heteroatoms. The van der Waals surface area contributed by atoms with Crippen molar-refractivity contribution in [2.24, 2.45) is 0 Å². The van der Waals surface area contributed by atoms with Crippen LogP contribution in [0.3, 0.4) is 0 Å². The SMILES string of the molecule is CC1(C)OB(c2ccncc2C2CC2)OC1(C)C. The Balaban J connectivity index is 1.93. The molecular weight excluding hydrogens is 225 g/mol. The minimum atomic E-state index is -0.276. The van der Waals surface area contributed by atoms with Gasteiger partial charge in [0.2, 0.25) is 0 Å². The van der Waals surface area contributed by atoms with Gasteiger partial charge in [0, 0.05) is 12.4 Å². The molecule has 96 valence electrons. The Morgan fingerprint density at radius 3 is 2.33 bits per heavy atom. The van der Waals surface area contributed by atoms with Crippen molar-refractivity contribution in [3.05, 3.63) is 24.0 Å². The van der Waals surface area contributed by atoms with Crippen LogP contribution in [0.4, 0.5) is 0 Å². The molecule has 1 aliphatic heterocycles. The minimum absolute atomic E-state index is 0.256. The molecule has 0 N–H and O–H groups in total. The van der Waals surface area contributed by atoms with Gasteiger partial charge in [-0.1, -0.05) is 0 Å². The first-order valence-corrected chi connectivity index (χ1v) is 6.70. The molecule has 0 aromatic carbocycles. The van der Waals surface area contributed by atoms with E-state index in [2.05, 4.69) is 32.7 Å². The molecule has 1 saturated carbocycles. The molecule has 0 radical (unpaired) electrons. The van der Waals surface area contributed by atoms with Gasteiger partial charge in [0.25, 0.3) is 0 Å². The predicted octanol–water partition coefficient (Wildman–Crippen LogP) is 2.26. The van der Waals surface area contributed by atoms with Crippen LogP contribution >= 0.6 is 0 Å². The summed E-state index contributed by atoms with van der Waals surface area (Å²) < 4.78 is 12.2. The Labute approximate surface area is 109 Å². The summed E-state index contributed by atoms with van der Waals surface area (Å²) in [6.45, 7) is 8.35. The second kappa shape index (κ2) is 3.81. The summed E-state index contributed by atoms with van der Waals surface area (Å²) in [5, 5.41) is 0. The van der Waals surface area contributed by atoms with Crippen molar-refractivity contribution in [2.45, 2.75) is 57.7 Å². The molecule has 0 bridgehead atoms. The van der Waals surface area contributed by atoms with Crippen molar-refractivity contribution < 1.29 is 9.31 Å². The zero-order valence-electron chi connectivity index (χ0n) is 11.6. The lowest BCUT2D eigenvalue weighted by Gasteiger charge is -2.32. The topological polar surface area (TPSA) is 31.4 Å². The standard InChI is InChI=1S/C14H20BNO2/c1-13(2)14(3,4)18-15(17-13)12-7-8-16-9-11(12)10-5-6-10/h7-10H,5-6H2,1-4H3. The van der Waals surface area contributed by atoms with Crippen LogP contribution < -0.4 is 5.46 Å². The van der Waals surface area contributed by atoms with E-state index < -0.39 is 0 Å². The number of nitrogens with zero attached hydrogens (tertiary/aromatic N) is 1. The molecule has 0 atom stereocenters. The zero-order chi connectivity index (χ0) is 13.0. The zero-order valence-corrected chi connectivity index (χ0v) is 11.6. The van der Waals surface area contributed by atoms with Crippen LogP contribution in [0.25, 0.3) is 0 Å². The van der Waals surface area contributed by atoms with Crippen molar-refractivity contribution in [1.29, 1.82) is 0 Å². The van der Waals surface area contributed by atoms with Gasteiger partial charge in [-0.05, 0) is 63.5 Å². The molecular formula is C14H20BNO2. The Kier molecular flexibility index (Phi) is 2.58. The maximum atomic E-state index is 6.12. The van der Waals surface area contributed by atoms with Crippen LogP contribution in [0.2, 0.25) is 0 Å². The van der Waals surface area contributed by atoms with E-state index in [0.29, 0.717) is 5.92 Å². The second-order valence-electron chi connectivity index (χ2n) is 6.37. The van der Waals surface area contributed by atoms with E-state index in [1.54, 1.807) is 0 Å². The molecule has 1 aliphatic carbocycles. The van der Waals surface area contributed by atoms with Crippen LogP contribution in [0.15, 0.2) is 18.5 Å². The first kappa shape index (κ1) is 12.2. The lowest BCUT2D eigenvalue weighted by atomic mass is 9.75. The molecule has 0 spiro atoms. The van der Waals surface area contributed by atoms with Gasteiger partial charge in [-0.2, -0.15) is 0 Å². The number of pyridine rings is 1. The van der Waals surface area contributed by atoms with Gasteiger partial charge in [-0.25, -0.2) is 0 Å². The van der Waals surface area contributed by atoms with Crippen LogP contribution in [0, 0.1) is 0 Å². The summed E-state index contributed by atoms with van der Waals surface area (Å²) in [7, 11) is -0.256. The fraction of sp³-hybridized carbons (Fsp3) is 0.643. The fourth-order valence-corrected chi connectivity index (χ4v) is 2.34. The first-order valence-electron chi connectivity index (χ1n) is 6.70. The van der Waals surface area contributed by atoms with Gasteiger partial charge >= 0.3 is 7.12 Å². The van der Waals surface area contributed by atoms with Crippen molar-refractivity contribution >= 4 is 12.6 Å². The summed E-state index contributed by atoms with van der Waals surface area (Å²) in [5.74, 6) is 0.660. The third kappa shape index (κ3) is 1.88. The van der Waals surface area contributed by atoms with Gasteiger partial charge < -0.3 is 9.31 Å². The maximum Gasteiger partial charge on any atom is 0.495 e. The van der Waals surface area contributed by atoms with E-state index in [4.69, 9.17) is 9.31 Å². The van der Waals surface area contributed by atoms with E-state index in [1.807, 2.05) is 18.5 Å². The highest BCUT2D eigenvalue weighted by molar-refractivity contribution is 6.62. The predicted molar refractivity (Wildman–Crippen MR) is 71.9 cm³/mol.